The smallest absolute Gasteiger partial charge is 0.306 e. The molecule has 0 radical (unpaired) electrons. The normalized spacial score (nSPS) is 14.1. The number of carbonyl (C=O) groups is 2. The number of allylic oxidation sites excluding steroid dienone is 18. The monoisotopic (exact) mass is 1040 g/mol. The van der Waals surface area contributed by atoms with Crippen LogP contribution < -0.4 is 4.89 Å². The van der Waals surface area contributed by atoms with Gasteiger partial charge >= 0.3 is 11.9 Å². The first-order valence-electron chi connectivity index (χ1n) is 29.1. The van der Waals surface area contributed by atoms with Crippen molar-refractivity contribution in [3.8, 4) is 0 Å². The highest BCUT2D eigenvalue weighted by Gasteiger charge is 2.21. The molecule has 0 spiro atoms. The molecule has 2 unspecified atom stereocenters. The number of nitrogens with zero attached hydrogens (tertiary/aromatic N) is 1. The average Bonchev–Trinajstić information content (AvgIpc) is 3.35. The minimum Gasteiger partial charge on any atom is -0.756 e. The van der Waals surface area contributed by atoms with Gasteiger partial charge < -0.3 is 27.9 Å². The largest absolute Gasteiger partial charge is 0.756 e. The molecule has 0 aromatic heterocycles. The summed E-state index contributed by atoms with van der Waals surface area (Å²) in [5, 5.41) is 0. The fraction of sp³-hybridized carbons (Fsp3) is 0.683. The number of ether oxygens (including phenoxy) is 2. The molecular weight excluding hydrogens is 930 g/mol. The standard InChI is InChI=1S/C63H108NO8P/c1-6-8-10-12-14-16-18-20-22-23-24-25-26-27-28-29-30-31-32-33-34-35-36-37-38-39-40-41-42-44-46-48-50-52-54-56-63(66)72-61(60-71-73(67,68)70-58-57-64(3,4)5)59-69-62(65)55-53-51-49-47-45-43-21-19-17-15-13-11-9-7-2/h8,10,13-16,19-22,24-25,27-28,30-31,33-34,61H,6-7,9,11-12,17-18,23,26,29,32,35-60H2,1-5H3/b10-8-,15-13-,16-14-,21-19-,22-20-,25-24-,28-27-,31-30-,34-33-. The Bertz CT molecular complexity index is 1600. The Morgan fingerprint density at radius 3 is 1.16 bits per heavy atom. The number of likely N-dealkylation sites (N-methyl/N-ethyl adjacent to an activating group) is 1. The van der Waals surface area contributed by atoms with Crippen LogP contribution in [0, 0.1) is 0 Å². The molecular formula is C63H108NO8P. The molecule has 0 fully saturated rings. The van der Waals surface area contributed by atoms with Crippen molar-refractivity contribution >= 4 is 19.8 Å². The summed E-state index contributed by atoms with van der Waals surface area (Å²) < 4.78 is 34.1. The molecule has 0 bridgehead atoms. The third-order valence-corrected chi connectivity index (χ3v) is 13.0. The average molecular weight is 1040 g/mol. The second-order valence-electron chi connectivity index (χ2n) is 20.3. The van der Waals surface area contributed by atoms with E-state index in [1.165, 1.54) is 77.0 Å². The summed E-state index contributed by atoms with van der Waals surface area (Å²) in [6.45, 7) is 4.05. The molecule has 10 heteroatoms. The van der Waals surface area contributed by atoms with Crippen molar-refractivity contribution in [2.24, 2.45) is 0 Å². The van der Waals surface area contributed by atoms with Crippen LogP contribution in [0.4, 0.5) is 0 Å². The zero-order chi connectivity index (χ0) is 53.5. The summed E-state index contributed by atoms with van der Waals surface area (Å²) in [6, 6.07) is 0. The van der Waals surface area contributed by atoms with E-state index in [1.807, 2.05) is 21.1 Å². The molecule has 0 aliphatic rings. The van der Waals surface area contributed by atoms with E-state index >= 15 is 0 Å². The second-order valence-corrected chi connectivity index (χ2v) is 21.7. The van der Waals surface area contributed by atoms with E-state index < -0.39 is 32.5 Å². The first kappa shape index (κ1) is 69.7. The van der Waals surface area contributed by atoms with Gasteiger partial charge in [0.05, 0.1) is 27.7 Å². The van der Waals surface area contributed by atoms with Gasteiger partial charge in [-0.3, -0.25) is 14.2 Å². The molecule has 418 valence electrons. The van der Waals surface area contributed by atoms with Crippen LogP contribution in [0.1, 0.15) is 226 Å². The fourth-order valence-corrected chi connectivity index (χ4v) is 8.26. The molecule has 0 saturated heterocycles. The number of quaternary nitrogens is 1. The quantitative estimate of drug-likeness (QED) is 0.0195. The SMILES string of the molecule is CC/C=C\C/C=C\C/C=C\C/C=C\C/C=C\C/C=C\C/C=C\CCCCCCCCCCCCCCCC(=O)OC(COC(=O)CCCCCCC/C=C\C/C=C\CCCC)COP(=O)([O-])OCC[N+](C)(C)C. The first-order valence-corrected chi connectivity index (χ1v) is 30.6. The fourth-order valence-electron chi connectivity index (χ4n) is 7.53. The highest BCUT2D eigenvalue weighted by atomic mass is 31.2. The molecule has 2 atom stereocenters. The molecule has 0 aliphatic carbocycles. The van der Waals surface area contributed by atoms with Gasteiger partial charge in [-0.15, -0.1) is 0 Å². The van der Waals surface area contributed by atoms with Crippen LogP contribution in [0.2, 0.25) is 0 Å². The van der Waals surface area contributed by atoms with Crippen LogP contribution in [0.3, 0.4) is 0 Å². The molecule has 0 rings (SSSR count). The molecule has 73 heavy (non-hydrogen) atoms. The lowest BCUT2D eigenvalue weighted by atomic mass is 10.0. The number of esters is 2. The molecule has 0 amide bonds. The van der Waals surface area contributed by atoms with E-state index in [0.717, 1.165) is 109 Å². The Morgan fingerprint density at radius 2 is 0.781 bits per heavy atom. The zero-order valence-corrected chi connectivity index (χ0v) is 48.2. The molecule has 0 N–H and O–H groups in total. The number of phosphoric acid groups is 1. The lowest BCUT2D eigenvalue weighted by Crippen LogP contribution is -2.37. The van der Waals surface area contributed by atoms with Gasteiger partial charge in [0, 0.05) is 12.8 Å². The third kappa shape index (κ3) is 57.8. The van der Waals surface area contributed by atoms with Crippen molar-refractivity contribution in [2.45, 2.75) is 232 Å². The minimum absolute atomic E-state index is 0.0377. The maximum atomic E-state index is 12.8. The molecule has 0 aromatic rings. The van der Waals surface area contributed by atoms with E-state index in [2.05, 4.69) is 123 Å². The van der Waals surface area contributed by atoms with Gasteiger partial charge in [0.25, 0.3) is 7.82 Å². The van der Waals surface area contributed by atoms with Gasteiger partial charge in [-0.2, -0.15) is 0 Å². The molecule has 0 aliphatic heterocycles. The lowest BCUT2D eigenvalue weighted by molar-refractivity contribution is -0.870. The van der Waals surface area contributed by atoms with E-state index in [-0.39, 0.29) is 26.1 Å². The van der Waals surface area contributed by atoms with Gasteiger partial charge in [0.2, 0.25) is 0 Å². The zero-order valence-electron chi connectivity index (χ0n) is 47.3. The Labute approximate surface area is 448 Å². The number of hydrogen-bond acceptors (Lipinski definition) is 8. The Morgan fingerprint density at radius 1 is 0.438 bits per heavy atom. The van der Waals surface area contributed by atoms with Crippen molar-refractivity contribution in [1.82, 2.24) is 0 Å². The van der Waals surface area contributed by atoms with Gasteiger partial charge in [0.1, 0.15) is 19.8 Å². The third-order valence-electron chi connectivity index (χ3n) is 12.0. The van der Waals surface area contributed by atoms with Gasteiger partial charge in [-0.05, 0) is 96.3 Å². The summed E-state index contributed by atoms with van der Waals surface area (Å²) in [7, 11) is 1.15. The number of rotatable bonds is 52. The summed E-state index contributed by atoms with van der Waals surface area (Å²) >= 11 is 0. The molecule has 9 nitrogen and oxygen atoms in total. The Balaban J connectivity index is 4.09. The van der Waals surface area contributed by atoms with Crippen LogP contribution in [0.15, 0.2) is 109 Å². The highest BCUT2D eigenvalue weighted by Crippen LogP contribution is 2.38. The van der Waals surface area contributed by atoms with Crippen molar-refractivity contribution in [1.29, 1.82) is 0 Å². The maximum absolute atomic E-state index is 12.8. The predicted molar refractivity (Wildman–Crippen MR) is 309 cm³/mol. The van der Waals surface area contributed by atoms with Gasteiger partial charge in [-0.25, -0.2) is 0 Å². The molecule has 0 saturated carbocycles. The van der Waals surface area contributed by atoms with E-state index in [9.17, 15) is 19.0 Å². The van der Waals surface area contributed by atoms with Crippen molar-refractivity contribution in [3.05, 3.63) is 109 Å². The van der Waals surface area contributed by atoms with E-state index in [0.29, 0.717) is 23.9 Å². The molecule has 0 heterocycles. The van der Waals surface area contributed by atoms with Crippen LogP contribution in [-0.2, 0) is 32.7 Å². The Kier molecular flexibility index (Phi) is 51.1. The van der Waals surface area contributed by atoms with Crippen LogP contribution in [-0.4, -0.2) is 70.0 Å². The van der Waals surface area contributed by atoms with Crippen molar-refractivity contribution < 1.29 is 42.1 Å². The number of phosphoric ester groups is 1. The topological polar surface area (TPSA) is 111 Å². The van der Waals surface area contributed by atoms with Crippen LogP contribution >= 0.6 is 7.82 Å². The van der Waals surface area contributed by atoms with E-state index in [1.54, 1.807) is 0 Å². The maximum Gasteiger partial charge on any atom is 0.306 e. The first-order chi connectivity index (χ1) is 35.5. The van der Waals surface area contributed by atoms with Crippen molar-refractivity contribution in [3.63, 3.8) is 0 Å². The summed E-state index contributed by atoms with van der Waals surface area (Å²) in [5.41, 5.74) is 0. The lowest BCUT2D eigenvalue weighted by Gasteiger charge is -2.28. The van der Waals surface area contributed by atoms with Gasteiger partial charge in [-0.1, -0.05) is 226 Å². The minimum atomic E-state index is -4.64. The van der Waals surface area contributed by atoms with E-state index in [4.69, 9.17) is 18.5 Å². The molecule has 0 aromatic carbocycles. The van der Waals surface area contributed by atoms with Gasteiger partial charge in [0.15, 0.2) is 6.10 Å². The Hall–Kier alpha value is -3.33. The highest BCUT2D eigenvalue weighted by molar-refractivity contribution is 7.45. The second kappa shape index (κ2) is 53.5. The number of hydrogen-bond donors (Lipinski definition) is 0. The summed E-state index contributed by atoms with van der Waals surface area (Å²) in [5.74, 6) is -0.855. The predicted octanol–water partition coefficient (Wildman–Crippen LogP) is 17.6. The number of unbranched alkanes of at least 4 members (excludes halogenated alkanes) is 20. The summed E-state index contributed by atoms with van der Waals surface area (Å²) in [4.78, 5) is 37.8. The van der Waals surface area contributed by atoms with Crippen molar-refractivity contribution in [2.75, 3.05) is 47.5 Å². The van der Waals surface area contributed by atoms with Crippen LogP contribution in [0.5, 0.6) is 0 Å². The summed E-state index contributed by atoms with van der Waals surface area (Å²) in [6.07, 6.45) is 74.3. The number of carbonyl (C=O) groups excluding carboxylic acids is 2. The van der Waals surface area contributed by atoms with Crippen LogP contribution in [0.25, 0.3) is 0 Å².